The van der Waals surface area contributed by atoms with Crippen LogP contribution in [0.2, 0.25) is 0 Å². The summed E-state index contributed by atoms with van der Waals surface area (Å²) in [6, 6.07) is 6.85. The van der Waals surface area contributed by atoms with E-state index in [1.807, 2.05) is 0 Å². The number of carbonyl (C=O) groups excluding carboxylic acids is 1. The summed E-state index contributed by atoms with van der Waals surface area (Å²) in [5, 5.41) is 6.95. The molecular formula is C15H11F3N4O3S. The summed E-state index contributed by atoms with van der Waals surface area (Å²) in [5.41, 5.74) is 0.866. The van der Waals surface area contributed by atoms with E-state index in [0.717, 1.165) is 15.9 Å². The van der Waals surface area contributed by atoms with Gasteiger partial charge in [0.25, 0.3) is 5.82 Å². The monoisotopic (exact) mass is 384 g/mol. The average Bonchev–Trinajstić information content (AvgIpc) is 3.15. The number of carbonyl (C=O) groups is 1. The SMILES string of the molecule is COc1ccc(C=NOC(=O)c2sc3nc(C(F)(F)F)nn3c2C)cc1. The summed E-state index contributed by atoms with van der Waals surface area (Å²) in [5.74, 6) is -1.40. The minimum absolute atomic E-state index is 0.0547. The van der Waals surface area contributed by atoms with Crippen LogP contribution < -0.4 is 4.74 Å². The second-order valence-electron chi connectivity index (χ2n) is 5.03. The normalized spacial score (nSPS) is 12.0. The van der Waals surface area contributed by atoms with Crippen LogP contribution in [0.5, 0.6) is 5.75 Å². The largest absolute Gasteiger partial charge is 0.497 e. The molecule has 26 heavy (non-hydrogen) atoms. The topological polar surface area (TPSA) is 78.1 Å². The molecule has 0 saturated carbocycles. The van der Waals surface area contributed by atoms with Crippen LogP contribution in [0.15, 0.2) is 29.4 Å². The van der Waals surface area contributed by atoms with E-state index in [1.54, 1.807) is 24.3 Å². The lowest BCUT2D eigenvalue weighted by molar-refractivity contribution is -0.144. The number of aryl methyl sites for hydroxylation is 1. The van der Waals surface area contributed by atoms with Crippen molar-refractivity contribution in [3.05, 3.63) is 46.2 Å². The van der Waals surface area contributed by atoms with Crippen LogP contribution in [-0.2, 0) is 11.0 Å². The number of halogens is 3. The predicted octanol–water partition coefficient (Wildman–Crippen LogP) is 3.32. The van der Waals surface area contributed by atoms with Crippen molar-refractivity contribution in [2.75, 3.05) is 7.11 Å². The van der Waals surface area contributed by atoms with Crippen LogP contribution in [0.25, 0.3) is 4.96 Å². The quantitative estimate of drug-likeness (QED) is 0.392. The number of fused-ring (bicyclic) bond motifs is 1. The highest BCUT2D eigenvalue weighted by atomic mass is 32.1. The van der Waals surface area contributed by atoms with Gasteiger partial charge in [-0.15, -0.1) is 5.10 Å². The van der Waals surface area contributed by atoms with Gasteiger partial charge in [-0.1, -0.05) is 16.5 Å². The molecule has 11 heteroatoms. The Bertz CT molecular complexity index is 977. The number of thiazole rings is 1. The van der Waals surface area contributed by atoms with Gasteiger partial charge in [0.2, 0.25) is 4.96 Å². The molecule has 0 radical (unpaired) electrons. The summed E-state index contributed by atoms with van der Waals surface area (Å²) in [6.45, 7) is 1.45. The molecule has 136 valence electrons. The molecule has 0 fully saturated rings. The van der Waals surface area contributed by atoms with Gasteiger partial charge in [-0.25, -0.2) is 9.31 Å². The van der Waals surface area contributed by atoms with Crippen molar-refractivity contribution < 1.29 is 27.5 Å². The zero-order valence-corrected chi connectivity index (χ0v) is 14.3. The van der Waals surface area contributed by atoms with E-state index >= 15 is 0 Å². The molecule has 0 aliphatic heterocycles. The maximum absolute atomic E-state index is 12.6. The van der Waals surface area contributed by atoms with Gasteiger partial charge >= 0.3 is 12.1 Å². The molecule has 0 spiro atoms. The Labute approximate surface area is 148 Å². The van der Waals surface area contributed by atoms with Gasteiger partial charge in [-0.05, 0) is 36.8 Å². The van der Waals surface area contributed by atoms with Gasteiger partial charge in [0.15, 0.2) is 0 Å². The lowest BCUT2D eigenvalue weighted by atomic mass is 10.2. The third-order valence-corrected chi connectivity index (χ3v) is 4.42. The molecule has 0 aliphatic carbocycles. The number of rotatable bonds is 4. The molecule has 7 nitrogen and oxygen atoms in total. The Morgan fingerprint density at radius 2 is 2.00 bits per heavy atom. The molecule has 0 amide bonds. The Morgan fingerprint density at radius 3 is 2.58 bits per heavy atom. The molecule has 0 unspecified atom stereocenters. The summed E-state index contributed by atoms with van der Waals surface area (Å²) < 4.78 is 43.8. The van der Waals surface area contributed by atoms with Crippen LogP contribution in [0.4, 0.5) is 13.2 Å². The van der Waals surface area contributed by atoms with Crippen molar-refractivity contribution in [3.63, 3.8) is 0 Å². The molecule has 3 rings (SSSR count). The first kappa shape index (κ1) is 17.9. The van der Waals surface area contributed by atoms with Gasteiger partial charge in [-0.2, -0.15) is 18.2 Å². The highest BCUT2D eigenvalue weighted by Crippen LogP contribution is 2.29. The smallest absolute Gasteiger partial charge is 0.453 e. The zero-order chi connectivity index (χ0) is 18.9. The molecule has 3 aromatic rings. The second kappa shape index (κ2) is 6.75. The fourth-order valence-electron chi connectivity index (χ4n) is 2.02. The molecule has 0 saturated heterocycles. The number of ether oxygens (including phenoxy) is 1. The predicted molar refractivity (Wildman–Crippen MR) is 86.6 cm³/mol. The molecule has 0 atom stereocenters. The third kappa shape index (κ3) is 3.52. The second-order valence-corrected chi connectivity index (χ2v) is 6.01. The van der Waals surface area contributed by atoms with Gasteiger partial charge in [0.05, 0.1) is 19.0 Å². The van der Waals surface area contributed by atoms with Crippen LogP contribution in [0, 0.1) is 6.92 Å². The Kier molecular flexibility index (Phi) is 4.64. The average molecular weight is 384 g/mol. The Morgan fingerprint density at radius 1 is 1.31 bits per heavy atom. The fourth-order valence-corrected chi connectivity index (χ4v) is 2.95. The van der Waals surface area contributed by atoms with Crippen LogP contribution in [0.3, 0.4) is 0 Å². The molecule has 0 bridgehead atoms. The van der Waals surface area contributed by atoms with Crippen molar-refractivity contribution in [2.24, 2.45) is 5.16 Å². The van der Waals surface area contributed by atoms with Crippen LogP contribution >= 0.6 is 11.3 Å². The molecule has 1 aromatic carbocycles. The van der Waals surface area contributed by atoms with E-state index in [-0.39, 0.29) is 15.5 Å². The molecule has 0 N–H and O–H groups in total. The van der Waals surface area contributed by atoms with E-state index in [4.69, 9.17) is 9.57 Å². The summed E-state index contributed by atoms with van der Waals surface area (Å²) in [7, 11) is 1.54. The first-order chi connectivity index (χ1) is 12.3. The van der Waals surface area contributed by atoms with Gasteiger partial charge in [0.1, 0.15) is 10.6 Å². The Balaban J connectivity index is 1.74. The highest BCUT2D eigenvalue weighted by molar-refractivity contribution is 7.18. The molecular weight excluding hydrogens is 373 g/mol. The van der Waals surface area contributed by atoms with E-state index < -0.39 is 18.0 Å². The molecule has 0 aliphatic rings. The van der Waals surface area contributed by atoms with Gasteiger partial charge < -0.3 is 9.57 Å². The van der Waals surface area contributed by atoms with Gasteiger partial charge in [-0.3, -0.25) is 0 Å². The fraction of sp³-hybridized carbons (Fsp3) is 0.200. The highest BCUT2D eigenvalue weighted by Gasteiger charge is 2.37. The van der Waals surface area contributed by atoms with E-state index in [9.17, 15) is 18.0 Å². The maximum Gasteiger partial charge on any atom is 0.453 e. The third-order valence-electron chi connectivity index (χ3n) is 3.31. The summed E-state index contributed by atoms with van der Waals surface area (Å²) in [4.78, 5) is 20.2. The van der Waals surface area contributed by atoms with Crippen molar-refractivity contribution in [1.29, 1.82) is 0 Å². The number of nitrogens with zero attached hydrogens (tertiary/aromatic N) is 4. The minimum Gasteiger partial charge on any atom is -0.497 e. The molecule has 2 heterocycles. The number of aromatic nitrogens is 3. The summed E-state index contributed by atoms with van der Waals surface area (Å²) in [6.07, 6.45) is -3.33. The summed E-state index contributed by atoms with van der Waals surface area (Å²) >= 11 is 0.745. The number of oxime groups is 1. The first-order valence-electron chi connectivity index (χ1n) is 7.11. The van der Waals surface area contributed by atoms with Crippen molar-refractivity contribution in [1.82, 2.24) is 14.6 Å². The van der Waals surface area contributed by atoms with E-state index in [2.05, 4.69) is 15.2 Å². The number of hydrogen-bond acceptors (Lipinski definition) is 7. The number of hydrogen-bond donors (Lipinski definition) is 0. The lowest BCUT2D eigenvalue weighted by Crippen LogP contribution is -2.08. The van der Waals surface area contributed by atoms with Crippen LogP contribution in [0.1, 0.15) is 26.8 Å². The lowest BCUT2D eigenvalue weighted by Gasteiger charge is -1.99. The zero-order valence-electron chi connectivity index (χ0n) is 13.4. The van der Waals surface area contributed by atoms with E-state index in [0.29, 0.717) is 11.3 Å². The maximum atomic E-state index is 12.6. The van der Waals surface area contributed by atoms with Gasteiger partial charge in [0, 0.05) is 0 Å². The Hall–Kier alpha value is -2.95. The van der Waals surface area contributed by atoms with Crippen molar-refractivity contribution >= 4 is 28.5 Å². The van der Waals surface area contributed by atoms with Crippen molar-refractivity contribution in [3.8, 4) is 5.75 Å². The molecule has 2 aromatic heterocycles. The van der Waals surface area contributed by atoms with Crippen molar-refractivity contribution in [2.45, 2.75) is 13.1 Å². The standard InChI is InChI=1S/C15H11F3N4O3S/c1-8-11(26-14-20-13(15(16,17)18)21-22(8)14)12(23)25-19-7-9-3-5-10(24-2)6-4-9/h3-7H,1-2H3. The number of alkyl halides is 3. The van der Waals surface area contributed by atoms with E-state index in [1.165, 1.54) is 20.2 Å². The number of benzene rings is 1. The number of methoxy groups -OCH3 is 1. The first-order valence-corrected chi connectivity index (χ1v) is 7.93. The minimum atomic E-state index is -4.65. The van der Waals surface area contributed by atoms with Crippen LogP contribution in [-0.4, -0.2) is 33.9 Å².